The fraction of sp³-hybridized carbons (Fsp3) is 0.263. The summed E-state index contributed by atoms with van der Waals surface area (Å²) >= 11 is 0. The number of hydrogen-bond acceptors (Lipinski definition) is 3. The Labute approximate surface area is 148 Å². The van der Waals surface area contributed by atoms with E-state index in [-0.39, 0.29) is 17.1 Å². The number of benzene rings is 2. The van der Waals surface area contributed by atoms with E-state index in [1.807, 2.05) is 6.92 Å². The molecule has 2 aromatic rings. The Balaban J connectivity index is 1.94. The molecule has 1 atom stereocenters. The molecule has 0 fully saturated rings. The topological polar surface area (TPSA) is 52.9 Å². The normalized spacial score (nSPS) is 20.2. The van der Waals surface area contributed by atoms with Gasteiger partial charge in [-0.2, -0.15) is 23.3 Å². The number of carbonyl (C=O) groups excluding carboxylic acids is 1. The van der Waals surface area contributed by atoms with Crippen LogP contribution < -0.4 is 0 Å². The molecule has 7 heteroatoms. The van der Waals surface area contributed by atoms with Crippen LogP contribution in [0.2, 0.25) is 0 Å². The molecule has 1 amide bonds. The first kappa shape index (κ1) is 18.1. The largest absolute Gasteiger partial charge is 0.438 e. The predicted octanol–water partition coefficient (Wildman–Crippen LogP) is 3.43. The molecule has 0 saturated heterocycles. The van der Waals surface area contributed by atoms with Crippen LogP contribution in [0.5, 0.6) is 0 Å². The van der Waals surface area contributed by atoms with E-state index in [9.17, 15) is 23.1 Å². The number of aliphatic hydroxyl groups is 1. The van der Waals surface area contributed by atoms with Crippen LogP contribution in [0.15, 0.2) is 59.7 Å². The van der Waals surface area contributed by atoms with Gasteiger partial charge in [0, 0.05) is 0 Å². The van der Waals surface area contributed by atoms with Crippen molar-refractivity contribution in [2.75, 3.05) is 0 Å². The molecule has 0 saturated carbocycles. The van der Waals surface area contributed by atoms with E-state index < -0.39 is 24.2 Å². The van der Waals surface area contributed by atoms with Crippen molar-refractivity contribution in [3.8, 4) is 0 Å². The zero-order chi connectivity index (χ0) is 18.9. The Hall–Kier alpha value is -2.67. The van der Waals surface area contributed by atoms with Gasteiger partial charge in [-0.1, -0.05) is 60.2 Å². The van der Waals surface area contributed by atoms with Crippen molar-refractivity contribution in [1.29, 1.82) is 0 Å². The summed E-state index contributed by atoms with van der Waals surface area (Å²) in [5, 5.41) is 14.3. The van der Waals surface area contributed by atoms with Crippen molar-refractivity contribution in [2.24, 2.45) is 5.10 Å². The number of hydrogen-bond donors (Lipinski definition) is 1. The summed E-state index contributed by atoms with van der Waals surface area (Å²) in [5.74, 6) is -0.918. The Morgan fingerprint density at radius 1 is 1.15 bits per heavy atom. The molecule has 2 aromatic carbocycles. The van der Waals surface area contributed by atoms with E-state index in [1.54, 1.807) is 54.6 Å². The maximum Gasteiger partial charge on any atom is 0.438 e. The second-order valence-corrected chi connectivity index (χ2v) is 6.27. The maximum absolute atomic E-state index is 13.5. The first-order valence-corrected chi connectivity index (χ1v) is 8.01. The minimum Gasteiger partial charge on any atom is -0.362 e. The SMILES string of the molecule is Cc1ccc(C2=NN(C(=O)Cc3ccccc3)C(O)(C(F)(F)F)C2)cc1. The second-order valence-electron chi connectivity index (χ2n) is 6.27. The number of nitrogens with zero attached hydrogens (tertiary/aromatic N) is 2. The quantitative estimate of drug-likeness (QED) is 0.910. The summed E-state index contributed by atoms with van der Waals surface area (Å²) in [4.78, 5) is 12.5. The molecule has 1 unspecified atom stereocenters. The molecule has 26 heavy (non-hydrogen) atoms. The molecule has 4 nitrogen and oxygen atoms in total. The summed E-state index contributed by atoms with van der Waals surface area (Å²) in [7, 11) is 0. The van der Waals surface area contributed by atoms with E-state index in [1.165, 1.54) is 0 Å². The van der Waals surface area contributed by atoms with Gasteiger partial charge in [0.2, 0.25) is 5.91 Å². The highest BCUT2D eigenvalue weighted by molar-refractivity contribution is 6.03. The van der Waals surface area contributed by atoms with Gasteiger partial charge in [0.25, 0.3) is 5.72 Å². The first-order valence-electron chi connectivity index (χ1n) is 8.01. The zero-order valence-electron chi connectivity index (χ0n) is 14.0. The van der Waals surface area contributed by atoms with Gasteiger partial charge in [0.15, 0.2) is 0 Å². The molecule has 0 spiro atoms. The van der Waals surface area contributed by atoms with Crippen LogP contribution >= 0.6 is 0 Å². The van der Waals surface area contributed by atoms with Gasteiger partial charge in [-0.25, -0.2) is 0 Å². The van der Waals surface area contributed by atoms with Crippen molar-refractivity contribution >= 4 is 11.6 Å². The van der Waals surface area contributed by atoms with Crippen molar-refractivity contribution in [1.82, 2.24) is 5.01 Å². The predicted molar refractivity (Wildman–Crippen MR) is 90.3 cm³/mol. The Bertz CT molecular complexity index is 832. The highest BCUT2D eigenvalue weighted by Gasteiger charge is 2.63. The number of amides is 1. The van der Waals surface area contributed by atoms with Crippen LogP contribution in [0.1, 0.15) is 23.1 Å². The molecule has 136 valence electrons. The number of carbonyl (C=O) groups is 1. The van der Waals surface area contributed by atoms with E-state index in [0.717, 1.165) is 5.56 Å². The second kappa shape index (κ2) is 6.57. The molecule has 0 radical (unpaired) electrons. The molecule has 0 aliphatic carbocycles. The van der Waals surface area contributed by atoms with Gasteiger partial charge in [-0.15, -0.1) is 0 Å². The van der Waals surface area contributed by atoms with Gasteiger partial charge >= 0.3 is 6.18 Å². The van der Waals surface area contributed by atoms with Crippen LogP contribution in [-0.2, 0) is 11.2 Å². The minimum absolute atomic E-state index is 0.0197. The third-order valence-corrected chi connectivity index (χ3v) is 4.26. The molecule has 1 aliphatic rings. The highest BCUT2D eigenvalue weighted by atomic mass is 19.4. The Morgan fingerprint density at radius 3 is 2.35 bits per heavy atom. The Morgan fingerprint density at radius 2 is 1.77 bits per heavy atom. The van der Waals surface area contributed by atoms with E-state index in [2.05, 4.69) is 5.10 Å². The molecule has 0 bridgehead atoms. The number of rotatable bonds is 3. The van der Waals surface area contributed by atoms with Crippen LogP contribution in [0.25, 0.3) is 0 Å². The van der Waals surface area contributed by atoms with Crippen LogP contribution in [0, 0.1) is 6.92 Å². The third-order valence-electron chi connectivity index (χ3n) is 4.26. The number of hydrazone groups is 1. The fourth-order valence-corrected chi connectivity index (χ4v) is 2.78. The van der Waals surface area contributed by atoms with Crippen molar-refractivity contribution in [2.45, 2.75) is 31.7 Å². The average Bonchev–Trinajstić information content (AvgIpc) is 2.95. The number of halogens is 3. The summed E-state index contributed by atoms with van der Waals surface area (Å²) < 4.78 is 40.6. The summed E-state index contributed by atoms with van der Waals surface area (Å²) in [6, 6.07) is 15.1. The Kier molecular flexibility index (Phi) is 4.58. The van der Waals surface area contributed by atoms with E-state index in [0.29, 0.717) is 11.1 Å². The monoisotopic (exact) mass is 362 g/mol. The zero-order valence-corrected chi connectivity index (χ0v) is 14.0. The molecule has 1 heterocycles. The van der Waals surface area contributed by atoms with Gasteiger partial charge < -0.3 is 5.11 Å². The lowest BCUT2D eigenvalue weighted by molar-refractivity contribution is -0.302. The van der Waals surface area contributed by atoms with Crippen molar-refractivity contribution < 1.29 is 23.1 Å². The lowest BCUT2D eigenvalue weighted by Crippen LogP contribution is -2.57. The highest BCUT2D eigenvalue weighted by Crippen LogP contribution is 2.41. The van der Waals surface area contributed by atoms with Gasteiger partial charge in [0.1, 0.15) is 0 Å². The van der Waals surface area contributed by atoms with Crippen LogP contribution in [0.4, 0.5) is 13.2 Å². The van der Waals surface area contributed by atoms with Crippen molar-refractivity contribution in [3.05, 3.63) is 71.3 Å². The summed E-state index contributed by atoms with van der Waals surface area (Å²) in [5.41, 5.74) is -1.41. The fourth-order valence-electron chi connectivity index (χ4n) is 2.78. The molecular formula is C19H17F3N2O2. The molecular weight excluding hydrogens is 345 g/mol. The molecule has 0 aromatic heterocycles. The lowest BCUT2D eigenvalue weighted by Gasteiger charge is -2.32. The lowest BCUT2D eigenvalue weighted by atomic mass is 10.00. The van der Waals surface area contributed by atoms with Gasteiger partial charge in [-0.05, 0) is 18.1 Å². The third kappa shape index (κ3) is 3.35. The minimum atomic E-state index is -5.03. The summed E-state index contributed by atoms with van der Waals surface area (Å²) in [6.45, 7) is 1.85. The number of aryl methyl sites for hydroxylation is 1. The van der Waals surface area contributed by atoms with E-state index in [4.69, 9.17) is 0 Å². The standard InChI is InChI=1S/C19H17F3N2O2/c1-13-7-9-15(10-8-13)16-12-18(26,19(20,21)22)24(23-16)17(25)11-14-5-3-2-4-6-14/h2-10,26H,11-12H2,1H3. The van der Waals surface area contributed by atoms with Crippen LogP contribution in [-0.4, -0.2) is 33.6 Å². The first-order chi connectivity index (χ1) is 12.2. The average molecular weight is 362 g/mol. The van der Waals surface area contributed by atoms with Gasteiger partial charge in [-0.3, -0.25) is 4.79 Å². The van der Waals surface area contributed by atoms with E-state index >= 15 is 0 Å². The van der Waals surface area contributed by atoms with Crippen LogP contribution in [0.3, 0.4) is 0 Å². The molecule has 3 rings (SSSR count). The van der Waals surface area contributed by atoms with Crippen molar-refractivity contribution in [3.63, 3.8) is 0 Å². The smallest absolute Gasteiger partial charge is 0.362 e. The molecule has 1 N–H and O–H groups in total. The number of alkyl halides is 3. The molecule has 1 aliphatic heterocycles. The van der Waals surface area contributed by atoms with Gasteiger partial charge in [0.05, 0.1) is 18.6 Å². The summed E-state index contributed by atoms with van der Waals surface area (Å²) in [6.07, 6.45) is -6.13. The maximum atomic E-state index is 13.5.